The highest BCUT2D eigenvalue weighted by molar-refractivity contribution is 5.78. The molecule has 172 valence electrons. The number of nitrogens with zero attached hydrogens (tertiary/aromatic N) is 2. The molecule has 0 spiro atoms. The molecule has 1 saturated carbocycles. The van der Waals surface area contributed by atoms with Crippen LogP contribution in [0.15, 0.2) is 42.5 Å². The predicted molar refractivity (Wildman–Crippen MR) is 121 cm³/mol. The number of H-pyrrole nitrogens is 1. The van der Waals surface area contributed by atoms with Gasteiger partial charge in [-0.05, 0) is 49.1 Å². The number of carbonyl (C=O) groups excluding carboxylic acids is 2. The van der Waals surface area contributed by atoms with Crippen LogP contribution in [0.25, 0.3) is 11.0 Å². The van der Waals surface area contributed by atoms with Gasteiger partial charge in [-0.1, -0.05) is 18.2 Å². The van der Waals surface area contributed by atoms with Crippen molar-refractivity contribution in [3.8, 4) is 11.5 Å². The number of ether oxygens (including phenoxy) is 3. The summed E-state index contributed by atoms with van der Waals surface area (Å²) in [5.41, 5.74) is 2.82. The van der Waals surface area contributed by atoms with Crippen molar-refractivity contribution >= 4 is 22.9 Å². The molecular weight excluding hydrogens is 422 g/mol. The fraction of sp³-hybridized carbons (Fsp3) is 0.400. The predicted octanol–water partition coefficient (Wildman–Crippen LogP) is 3.45. The lowest BCUT2D eigenvalue weighted by Gasteiger charge is -2.23. The molecule has 0 bridgehead atoms. The van der Waals surface area contributed by atoms with Crippen molar-refractivity contribution in [2.75, 3.05) is 19.9 Å². The molecule has 1 aromatic heterocycles. The monoisotopic (exact) mass is 449 g/mol. The summed E-state index contributed by atoms with van der Waals surface area (Å²) in [4.78, 5) is 35.0. The summed E-state index contributed by atoms with van der Waals surface area (Å²) >= 11 is 0. The summed E-state index contributed by atoms with van der Waals surface area (Å²) in [7, 11) is 0. The third-order valence-electron chi connectivity index (χ3n) is 6.14. The fourth-order valence-electron chi connectivity index (χ4n) is 4.29. The number of hydrogen-bond donors (Lipinski definition) is 1. The largest absolute Gasteiger partial charge is 0.466 e. The Labute approximate surface area is 191 Å². The van der Waals surface area contributed by atoms with Crippen LogP contribution in [0, 0.1) is 11.8 Å². The van der Waals surface area contributed by atoms with Crippen LogP contribution < -0.4 is 9.47 Å². The second kappa shape index (κ2) is 9.13. The molecule has 33 heavy (non-hydrogen) atoms. The highest BCUT2D eigenvalue weighted by Crippen LogP contribution is 2.40. The van der Waals surface area contributed by atoms with Crippen molar-refractivity contribution in [2.24, 2.45) is 11.8 Å². The van der Waals surface area contributed by atoms with Gasteiger partial charge >= 0.3 is 5.97 Å². The smallest absolute Gasteiger partial charge is 0.309 e. The van der Waals surface area contributed by atoms with E-state index in [0.717, 1.165) is 28.8 Å². The highest BCUT2D eigenvalue weighted by atomic mass is 16.7. The quantitative estimate of drug-likeness (QED) is 0.503. The Morgan fingerprint density at radius 3 is 2.88 bits per heavy atom. The van der Waals surface area contributed by atoms with Gasteiger partial charge in [0.25, 0.3) is 0 Å². The second-order valence-corrected chi connectivity index (χ2v) is 8.52. The Kier molecular flexibility index (Phi) is 5.90. The summed E-state index contributed by atoms with van der Waals surface area (Å²) in [6.07, 6.45) is 1.62. The molecule has 1 amide bonds. The van der Waals surface area contributed by atoms with Gasteiger partial charge in [-0.15, -0.1) is 0 Å². The zero-order valence-electron chi connectivity index (χ0n) is 18.6. The van der Waals surface area contributed by atoms with Crippen LogP contribution >= 0.6 is 0 Å². The lowest BCUT2D eigenvalue weighted by molar-refractivity contribution is -0.145. The van der Waals surface area contributed by atoms with Crippen LogP contribution in [-0.2, 0) is 27.3 Å². The molecule has 8 nitrogen and oxygen atoms in total. The van der Waals surface area contributed by atoms with Crippen LogP contribution in [0.1, 0.15) is 31.2 Å². The molecule has 2 heterocycles. The van der Waals surface area contributed by atoms with Gasteiger partial charge in [0, 0.05) is 25.9 Å². The summed E-state index contributed by atoms with van der Waals surface area (Å²) in [5, 5.41) is 0. The summed E-state index contributed by atoms with van der Waals surface area (Å²) in [5.74, 6) is 2.08. The number of fused-ring (bicyclic) bond motifs is 2. The molecule has 1 fully saturated rings. The number of amides is 1. The molecule has 8 heteroatoms. The lowest BCUT2D eigenvalue weighted by Crippen LogP contribution is -2.33. The van der Waals surface area contributed by atoms with Crippen LogP contribution in [0.3, 0.4) is 0 Å². The number of hydrogen-bond acceptors (Lipinski definition) is 6. The first-order valence-electron chi connectivity index (χ1n) is 11.4. The van der Waals surface area contributed by atoms with E-state index in [1.54, 1.807) is 0 Å². The number of benzene rings is 2. The van der Waals surface area contributed by atoms with Gasteiger partial charge in [-0.3, -0.25) is 9.59 Å². The van der Waals surface area contributed by atoms with E-state index < -0.39 is 0 Å². The minimum Gasteiger partial charge on any atom is -0.466 e. The molecule has 5 rings (SSSR count). The van der Waals surface area contributed by atoms with Gasteiger partial charge in [0.15, 0.2) is 11.5 Å². The average Bonchev–Trinajstić information content (AvgIpc) is 3.23. The Morgan fingerprint density at radius 2 is 2.03 bits per heavy atom. The number of para-hydroxylation sites is 2. The minimum absolute atomic E-state index is 0.0302. The first-order chi connectivity index (χ1) is 16.1. The van der Waals surface area contributed by atoms with E-state index in [2.05, 4.69) is 9.97 Å². The van der Waals surface area contributed by atoms with Crippen molar-refractivity contribution in [3.05, 3.63) is 53.9 Å². The van der Waals surface area contributed by atoms with E-state index >= 15 is 0 Å². The number of aryl methyl sites for hydroxylation is 1. The maximum absolute atomic E-state index is 13.2. The number of aromatic amines is 1. The molecule has 1 N–H and O–H groups in total. The van der Waals surface area contributed by atoms with Crippen molar-refractivity contribution in [2.45, 2.75) is 32.7 Å². The lowest BCUT2D eigenvalue weighted by atomic mass is 10.1. The molecule has 2 aliphatic rings. The Hall–Kier alpha value is -3.55. The van der Waals surface area contributed by atoms with Crippen molar-refractivity contribution in [1.82, 2.24) is 14.9 Å². The van der Waals surface area contributed by atoms with Gasteiger partial charge in [0.05, 0.1) is 23.6 Å². The molecule has 0 radical (unpaired) electrons. The third kappa shape index (κ3) is 4.79. The van der Waals surface area contributed by atoms with Gasteiger partial charge in [-0.2, -0.15) is 0 Å². The van der Waals surface area contributed by atoms with Crippen molar-refractivity contribution < 1.29 is 23.8 Å². The van der Waals surface area contributed by atoms with Crippen molar-refractivity contribution in [3.63, 3.8) is 0 Å². The number of carbonyl (C=O) groups is 2. The van der Waals surface area contributed by atoms with Gasteiger partial charge in [0.2, 0.25) is 12.7 Å². The van der Waals surface area contributed by atoms with Crippen LogP contribution in [0.4, 0.5) is 0 Å². The van der Waals surface area contributed by atoms with Crippen LogP contribution in [-0.4, -0.2) is 46.7 Å². The Balaban J connectivity index is 1.27. The van der Waals surface area contributed by atoms with Crippen LogP contribution in [0.2, 0.25) is 0 Å². The second-order valence-electron chi connectivity index (χ2n) is 8.52. The summed E-state index contributed by atoms with van der Waals surface area (Å²) in [6.45, 7) is 3.36. The van der Waals surface area contributed by atoms with E-state index in [1.807, 2.05) is 54.3 Å². The number of esters is 1. The highest BCUT2D eigenvalue weighted by Gasteiger charge is 2.45. The maximum atomic E-state index is 13.2. The Morgan fingerprint density at radius 1 is 1.18 bits per heavy atom. The van der Waals surface area contributed by atoms with Gasteiger partial charge in [-0.25, -0.2) is 4.98 Å². The average molecular weight is 450 g/mol. The molecule has 1 aliphatic carbocycles. The van der Waals surface area contributed by atoms with E-state index in [0.29, 0.717) is 44.0 Å². The van der Waals surface area contributed by atoms with Gasteiger partial charge in [0.1, 0.15) is 5.82 Å². The fourth-order valence-corrected chi connectivity index (χ4v) is 4.29. The molecular formula is C25H27N3O5. The van der Waals surface area contributed by atoms with E-state index in [9.17, 15) is 9.59 Å². The zero-order chi connectivity index (χ0) is 22.8. The molecule has 2 unspecified atom stereocenters. The SMILES string of the molecule is CCOC(=O)C1CC1CN(Cc1ccc2c(c1)OCO2)C(=O)CCc1nc2ccccc2[nH]1. The molecule has 3 aromatic rings. The number of aromatic nitrogens is 2. The molecule has 1 aliphatic heterocycles. The normalized spacial score (nSPS) is 18.3. The molecule has 2 aromatic carbocycles. The first-order valence-corrected chi connectivity index (χ1v) is 11.4. The first kappa shape index (κ1) is 21.3. The van der Waals surface area contributed by atoms with E-state index in [1.165, 1.54) is 0 Å². The Bertz CT molecular complexity index is 1140. The molecule has 2 atom stereocenters. The number of nitrogens with one attached hydrogen (secondary N) is 1. The summed E-state index contributed by atoms with van der Waals surface area (Å²) in [6, 6.07) is 13.6. The van der Waals surface area contributed by atoms with Gasteiger partial charge < -0.3 is 24.1 Å². The zero-order valence-corrected chi connectivity index (χ0v) is 18.6. The standard InChI is InChI=1S/C25H27N3O5/c1-2-31-25(30)18-12-17(18)14-28(13-16-7-8-21-22(11-16)33-15-32-21)24(29)10-9-23-26-19-5-3-4-6-20(19)27-23/h3-8,11,17-18H,2,9-10,12-15H2,1H3,(H,26,27). The topological polar surface area (TPSA) is 93.8 Å². The number of rotatable bonds is 9. The minimum atomic E-state index is -0.166. The van der Waals surface area contributed by atoms with E-state index in [4.69, 9.17) is 14.2 Å². The third-order valence-corrected chi connectivity index (χ3v) is 6.14. The van der Waals surface area contributed by atoms with E-state index in [-0.39, 0.29) is 30.5 Å². The number of imidazole rings is 1. The maximum Gasteiger partial charge on any atom is 0.309 e. The molecule has 0 saturated heterocycles. The van der Waals surface area contributed by atoms with Crippen LogP contribution in [0.5, 0.6) is 11.5 Å². The summed E-state index contributed by atoms with van der Waals surface area (Å²) < 4.78 is 16.0. The van der Waals surface area contributed by atoms with Crippen molar-refractivity contribution in [1.29, 1.82) is 0 Å².